The maximum atomic E-state index is 2.37. The van der Waals surface area contributed by atoms with E-state index in [4.69, 9.17) is 0 Å². The molecule has 0 unspecified atom stereocenters. The third-order valence-corrected chi connectivity index (χ3v) is 10.4. The van der Waals surface area contributed by atoms with E-state index >= 15 is 0 Å². The van der Waals surface area contributed by atoms with Crippen molar-refractivity contribution in [1.29, 1.82) is 0 Å². The fourth-order valence-electron chi connectivity index (χ4n) is 3.51. The lowest BCUT2D eigenvalue weighted by atomic mass is 10.1. The highest BCUT2D eigenvalue weighted by molar-refractivity contribution is 6.79. The Morgan fingerprint density at radius 3 is 1.63 bits per heavy atom. The first-order chi connectivity index (χ1) is 9.15. The molecular weight excluding hydrogens is 244 g/mol. The summed E-state index contributed by atoms with van der Waals surface area (Å²) >= 11 is 0. The zero-order valence-electron chi connectivity index (χ0n) is 13.5. The Balaban J connectivity index is 2.67. The number of hydrogen-bond donors (Lipinski definition) is 0. The number of hydrogen-bond acceptors (Lipinski definition) is 0. The fourth-order valence-corrected chi connectivity index (χ4v) is 9.01. The van der Waals surface area contributed by atoms with Crippen LogP contribution in [0.2, 0.25) is 24.2 Å². The second-order valence-electron chi connectivity index (χ2n) is 6.24. The molecule has 0 saturated heterocycles. The molecule has 1 rings (SSSR count). The normalized spacial score (nSPS) is 11.8. The van der Waals surface area contributed by atoms with Crippen LogP contribution in [0.15, 0.2) is 24.3 Å². The summed E-state index contributed by atoms with van der Waals surface area (Å²) in [7, 11) is -0.992. The quantitative estimate of drug-likeness (QED) is 0.470. The molecule has 0 radical (unpaired) electrons. The minimum atomic E-state index is -0.992. The molecule has 0 nitrogen and oxygen atoms in total. The van der Waals surface area contributed by atoms with Gasteiger partial charge in [0.25, 0.3) is 0 Å². The highest BCUT2D eigenvalue weighted by Gasteiger charge is 2.29. The van der Waals surface area contributed by atoms with E-state index in [-0.39, 0.29) is 0 Å². The van der Waals surface area contributed by atoms with Gasteiger partial charge in [-0.25, -0.2) is 0 Å². The van der Waals surface area contributed by atoms with Gasteiger partial charge in [0.15, 0.2) is 0 Å². The van der Waals surface area contributed by atoms with Gasteiger partial charge in [0, 0.05) is 0 Å². The molecule has 0 fully saturated rings. The summed E-state index contributed by atoms with van der Waals surface area (Å²) in [5, 5.41) is 0. The van der Waals surface area contributed by atoms with Gasteiger partial charge in [-0.2, -0.15) is 0 Å². The van der Waals surface area contributed by atoms with Gasteiger partial charge >= 0.3 is 0 Å². The molecule has 0 spiro atoms. The van der Waals surface area contributed by atoms with E-state index in [9.17, 15) is 0 Å². The lowest BCUT2D eigenvalue weighted by Gasteiger charge is -2.31. The zero-order valence-corrected chi connectivity index (χ0v) is 14.5. The topological polar surface area (TPSA) is 0 Å². The summed E-state index contributed by atoms with van der Waals surface area (Å²) in [6, 6.07) is 15.3. The van der Waals surface area contributed by atoms with Crippen LogP contribution in [-0.4, -0.2) is 8.07 Å². The molecule has 0 aliphatic carbocycles. The van der Waals surface area contributed by atoms with Crippen LogP contribution in [0.3, 0.4) is 0 Å². The Kier molecular flexibility index (Phi) is 7.44. The van der Waals surface area contributed by atoms with Crippen molar-refractivity contribution in [2.45, 2.75) is 77.6 Å². The lowest BCUT2D eigenvalue weighted by Crippen LogP contribution is -2.33. The molecule has 19 heavy (non-hydrogen) atoms. The van der Waals surface area contributed by atoms with Crippen LogP contribution >= 0.6 is 0 Å². The molecule has 0 aliphatic rings. The summed E-state index contributed by atoms with van der Waals surface area (Å²) in [6.45, 7) is 9.30. The molecule has 1 aromatic carbocycles. The highest BCUT2D eigenvalue weighted by Crippen LogP contribution is 2.31. The van der Waals surface area contributed by atoms with Gasteiger partial charge in [0.05, 0.1) is 8.07 Å². The molecule has 1 heteroatoms. The SMILES string of the molecule is CCC[Si](CCC)(CCC)CCc1ccc(C)cc1. The van der Waals surface area contributed by atoms with Crippen molar-refractivity contribution >= 4 is 8.07 Å². The Bertz CT molecular complexity index is 322. The maximum absolute atomic E-state index is 2.37. The van der Waals surface area contributed by atoms with Crippen LogP contribution < -0.4 is 0 Å². The summed E-state index contributed by atoms with van der Waals surface area (Å²) in [5.41, 5.74) is 2.92. The van der Waals surface area contributed by atoms with Crippen molar-refractivity contribution in [3.63, 3.8) is 0 Å². The van der Waals surface area contributed by atoms with Crippen LogP contribution in [0.1, 0.15) is 51.2 Å². The van der Waals surface area contributed by atoms with Crippen molar-refractivity contribution in [3.05, 3.63) is 35.4 Å². The van der Waals surface area contributed by atoms with E-state index in [0.717, 1.165) is 0 Å². The molecule has 108 valence electrons. The van der Waals surface area contributed by atoms with Crippen LogP contribution in [0.25, 0.3) is 0 Å². The monoisotopic (exact) mass is 276 g/mol. The average Bonchev–Trinajstić information content (AvgIpc) is 2.39. The van der Waals surface area contributed by atoms with Crippen molar-refractivity contribution in [1.82, 2.24) is 0 Å². The van der Waals surface area contributed by atoms with E-state index in [1.54, 1.807) is 23.7 Å². The molecule has 0 aliphatic heterocycles. The molecule has 0 amide bonds. The Morgan fingerprint density at radius 1 is 0.737 bits per heavy atom. The zero-order chi connectivity index (χ0) is 14.1. The largest absolute Gasteiger partial charge is 0.0657 e. The molecule has 0 aromatic heterocycles. The molecule has 0 heterocycles. The second kappa shape index (κ2) is 8.58. The summed E-state index contributed by atoms with van der Waals surface area (Å²) in [4.78, 5) is 0. The summed E-state index contributed by atoms with van der Waals surface area (Å²) in [5.74, 6) is 0. The van der Waals surface area contributed by atoms with Crippen molar-refractivity contribution in [2.24, 2.45) is 0 Å². The van der Waals surface area contributed by atoms with Gasteiger partial charge in [0.1, 0.15) is 0 Å². The predicted molar refractivity (Wildman–Crippen MR) is 90.7 cm³/mol. The van der Waals surface area contributed by atoms with Gasteiger partial charge in [0.2, 0.25) is 0 Å². The van der Waals surface area contributed by atoms with E-state index in [2.05, 4.69) is 52.0 Å². The first kappa shape index (κ1) is 16.5. The Labute approximate surface area is 121 Å². The van der Waals surface area contributed by atoms with Gasteiger partial charge in [-0.05, 0) is 18.9 Å². The second-order valence-corrected chi connectivity index (χ2v) is 11.2. The van der Waals surface area contributed by atoms with Crippen molar-refractivity contribution < 1.29 is 0 Å². The molecule has 0 bridgehead atoms. The minimum Gasteiger partial charge on any atom is -0.0657 e. The van der Waals surface area contributed by atoms with E-state index < -0.39 is 8.07 Å². The van der Waals surface area contributed by atoms with Crippen LogP contribution in [0.5, 0.6) is 0 Å². The molecular formula is C18H32Si. The van der Waals surface area contributed by atoms with Crippen molar-refractivity contribution in [3.8, 4) is 0 Å². The molecule has 0 saturated carbocycles. The molecule has 0 N–H and O–H groups in total. The third-order valence-electron chi connectivity index (χ3n) is 4.41. The van der Waals surface area contributed by atoms with E-state index in [1.807, 2.05) is 0 Å². The highest BCUT2D eigenvalue weighted by atomic mass is 28.3. The number of benzene rings is 1. The Morgan fingerprint density at radius 2 is 1.21 bits per heavy atom. The third kappa shape index (κ3) is 5.52. The molecule has 1 aromatic rings. The average molecular weight is 277 g/mol. The first-order valence-electron chi connectivity index (χ1n) is 8.21. The van der Waals surface area contributed by atoms with Gasteiger partial charge in [-0.3, -0.25) is 0 Å². The van der Waals surface area contributed by atoms with Crippen LogP contribution in [-0.2, 0) is 6.42 Å². The number of aryl methyl sites for hydroxylation is 2. The first-order valence-corrected chi connectivity index (χ1v) is 11.0. The van der Waals surface area contributed by atoms with Gasteiger partial charge < -0.3 is 0 Å². The van der Waals surface area contributed by atoms with Gasteiger partial charge in [-0.1, -0.05) is 94.0 Å². The van der Waals surface area contributed by atoms with Crippen LogP contribution in [0, 0.1) is 6.92 Å². The smallest absolute Gasteiger partial charge is 0.0538 e. The maximum Gasteiger partial charge on any atom is 0.0538 e. The fraction of sp³-hybridized carbons (Fsp3) is 0.667. The minimum absolute atomic E-state index is 0.992. The Hall–Kier alpha value is -0.563. The van der Waals surface area contributed by atoms with Crippen LogP contribution in [0.4, 0.5) is 0 Å². The summed E-state index contributed by atoms with van der Waals surface area (Å²) in [6.07, 6.45) is 5.48. The number of rotatable bonds is 9. The van der Waals surface area contributed by atoms with E-state index in [0.29, 0.717) is 0 Å². The lowest BCUT2D eigenvalue weighted by molar-refractivity contribution is 0.889. The predicted octanol–water partition coefficient (Wildman–Crippen LogP) is 6.22. The van der Waals surface area contributed by atoms with E-state index in [1.165, 1.54) is 37.3 Å². The molecule has 0 atom stereocenters. The summed E-state index contributed by atoms with van der Waals surface area (Å²) < 4.78 is 0. The standard InChI is InChI=1S/C18H32Si/c1-5-13-19(14-6-2,15-7-3)16-12-18-10-8-17(4)9-11-18/h8-11H,5-7,12-16H2,1-4H3. The van der Waals surface area contributed by atoms with Crippen molar-refractivity contribution in [2.75, 3.05) is 0 Å². The van der Waals surface area contributed by atoms with Gasteiger partial charge in [-0.15, -0.1) is 0 Å².